The first kappa shape index (κ1) is 16.7. The number of amides is 1. The Morgan fingerprint density at radius 1 is 1.25 bits per heavy atom. The lowest BCUT2D eigenvalue weighted by Crippen LogP contribution is -2.34. The van der Waals surface area contributed by atoms with Crippen LogP contribution in [0.3, 0.4) is 0 Å². The number of carbonyl (C=O) groups is 1. The van der Waals surface area contributed by atoms with Gasteiger partial charge in [-0.15, -0.1) is 0 Å². The summed E-state index contributed by atoms with van der Waals surface area (Å²) in [6.45, 7) is 3.79. The van der Waals surface area contributed by atoms with Crippen LogP contribution in [0, 0.1) is 5.92 Å². The first-order valence-corrected chi connectivity index (χ1v) is 7.26. The minimum Gasteiger partial charge on any atom is -0.394 e. The third kappa shape index (κ3) is 5.72. The molecule has 4 N–H and O–H groups in total. The SMILES string of the molecule is CC(N)CCCC(C)C(=O)N[C@@H](CO)c1ccccc1. The van der Waals surface area contributed by atoms with Crippen LogP contribution in [0.2, 0.25) is 0 Å². The summed E-state index contributed by atoms with van der Waals surface area (Å²) in [6.07, 6.45) is 2.70. The number of nitrogens with one attached hydrogen (secondary N) is 1. The highest BCUT2D eigenvalue weighted by Crippen LogP contribution is 2.15. The summed E-state index contributed by atoms with van der Waals surface area (Å²) < 4.78 is 0. The fourth-order valence-electron chi connectivity index (χ4n) is 2.11. The summed E-state index contributed by atoms with van der Waals surface area (Å²) in [6, 6.07) is 9.37. The molecule has 2 unspecified atom stereocenters. The monoisotopic (exact) mass is 278 g/mol. The third-order valence-corrected chi connectivity index (χ3v) is 3.45. The zero-order chi connectivity index (χ0) is 15.0. The first-order valence-electron chi connectivity index (χ1n) is 7.26. The van der Waals surface area contributed by atoms with E-state index in [1.54, 1.807) is 0 Å². The van der Waals surface area contributed by atoms with Gasteiger partial charge in [-0.2, -0.15) is 0 Å². The van der Waals surface area contributed by atoms with Crippen LogP contribution in [0.4, 0.5) is 0 Å². The minimum absolute atomic E-state index is 0.0161. The number of nitrogens with two attached hydrogens (primary N) is 1. The van der Waals surface area contributed by atoms with Crippen LogP contribution in [-0.2, 0) is 4.79 Å². The van der Waals surface area contributed by atoms with Crippen LogP contribution < -0.4 is 11.1 Å². The van der Waals surface area contributed by atoms with E-state index in [0.717, 1.165) is 24.8 Å². The van der Waals surface area contributed by atoms with Gasteiger partial charge < -0.3 is 16.2 Å². The molecule has 1 rings (SSSR count). The molecular formula is C16H26N2O2. The standard InChI is InChI=1S/C16H26N2O2/c1-12(7-6-8-13(2)17)16(20)18-15(11-19)14-9-4-3-5-10-14/h3-5,9-10,12-13,15,19H,6-8,11,17H2,1-2H3,(H,18,20)/t12?,13?,15-/m0/s1. The summed E-state index contributed by atoms with van der Waals surface area (Å²) in [7, 11) is 0. The summed E-state index contributed by atoms with van der Waals surface area (Å²) in [5, 5.41) is 12.3. The Hall–Kier alpha value is -1.39. The van der Waals surface area contributed by atoms with Gasteiger partial charge in [0.1, 0.15) is 0 Å². The Morgan fingerprint density at radius 2 is 1.90 bits per heavy atom. The minimum atomic E-state index is -0.334. The van der Waals surface area contributed by atoms with Crippen molar-refractivity contribution in [1.82, 2.24) is 5.32 Å². The normalized spacial score (nSPS) is 15.4. The second-order valence-electron chi connectivity index (χ2n) is 5.46. The smallest absolute Gasteiger partial charge is 0.223 e. The topological polar surface area (TPSA) is 75.4 Å². The molecule has 0 spiro atoms. The van der Waals surface area contributed by atoms with Crippen molar-refractivity contribution in [2.75, 3.05) is 6.61 Å². The molecule has 4 nitrogen and oxygen atoms in total. The second-order valence-corrected chi connectivity index (χ2v) is 5.46. The Bertz CT molecular complexity index is 393. The Kier molecular flexibility index (Phi) is 7.26. The van der Waals surface area contributed by atoms with Crippen LogP contribution in [0.15, 0.2) is 30.3 Å². The van der Waals surface area contributed by atoms with Gasteiger partial charge in [0.25, 0.3) is 0 Å². The molecule has 3 atom stereocenters. The van der Waals surface area contributed by atoms with Gasteiger partial charge in [-0.05, 0) is 25.3 Å². The number of rotatable bonds is 8. The largest absolute Gasteiger partial charge is 0.394 e. The lowest BCUT2D eigenvalue weighted by molar-refractivity contribution is -0.125. The molecule has 20 heavy (non-hydrogen) atoms. The van der Waals surface area contributed by atoms with Crippen LogP contribution in [0.25, 0.3) is 0 Å². The molecule has 0 aromatic heterocycles. The molecule has 112 valence electrons. The van der Waals surface area contributed by atoms with Gasteiger partial charge in [-0.25, -0.2) is 0 Å². The van der Waals surface area contributed by atoms with Crippen molar-refractivity contribution < 1.29 is 9.90 Å². The average molecular weight is 278 g/mol. The summed E-state index contributed by atoms with van der Waals surface area (Å²) in [5.74, 6) is -0.0795. The van der Waals surface area contributed by atoms with E-state index in [9.17, 15) is 9.90 Å². The maximum atomic E-state index is 12.1. The van der Waals surface area contributed by atoms with Crippen LogP contribution in [0.5, 0.6) is 0 Å². The number of benzene rings is 1. The maximum Gasteiger partial charge on any atom is 0.223 e. The molecule has 0 radical (unpaired) electrons. The first-order chi connectivity index (χ1) is 9.54. The van der Waals surface area contributed by atoms with E-state index in [2.05, 4.69) is 5.32 Å². The van der Waals surface area contributed by atoms with E-state index in [4.69, 9.17) is 5.73 Å². The number of carbonyl (C=O) groups excluding carboxylic acids is 1. The van der Waals surface area contributed by atoms with Crippen LogP contribution in [0.1, 0.15) is 44.7 Å². The highest BCUT2D eigenvalue weighted by atomic mass is 16.3. The predicted molar refractivity (Wildman–Crippen MR) is 81.1 cm³/mol. The van der Waals surface area contributed by atoms with Gasteiger partial charge in [0, 0.05) is 12.0 Å². The molecule has 0 heterocycles. The van der Waals surface area contributed by atoms with E-state index in [1.807, 2.05) is 44.2 Å². The zero-order valence-electron chi connectivity index (χ0n) is 12.4. The molecule has 0 aliphatic heterocycles. The predicted octanol–water partition coefficient (Wildman–Crippen LogP) is 1.99. The summed E-state index contributed by atoms with van der Waals surface area (Å²) in [4.78, 5) is 12.1. The van der Waals surface area contributed by atoms with Crippen molar-refractivity contribution in [2.45, 2.75) is 45.2 Å². The van der Waals surface area contributed by atoms with E-state index >= 15 is 0 Å². The van der Waals surface area contributed by atoms with Crippen molar-refractivity contribution in [3.8, 4) is 0 Å². The van der Waals surface area contributed by atoms with Crippen molar-refractivity contribution >= 4 is 5.91 Å². The fourth-order valence-corrected chi connectivity index (χ4v) is 2.11. The molecule has 4 heteroatoms. The molecule has 1 amide bonds. The number of hydrogen-bond donors (Lipinski definition) is 3. The van der Waals surface area contributed by atoms with Crippen molar-refractivity contribution in [2.24, 2.45) is 11.7 Å². The van der Waals surface area contributed by atoms with Gasteiger partial charge in [-0.3, -0.25) is 4.79 Å². The molecule has 1 aromatic carbocycles. The van der Waals surface area contributed by atoms with Gasteiger partial charge in [0.2, 0.25) is 5.91 Å². The molecule has 0 aliphatic carbocycles. The molecule has 1 aromatic rings. The molecule has 0 aliphatic rings. The quantitative estimate of drug-likeness (QED) is 0.680. The second kappa shape index (κ2) is 8.72. The molecule has 0 saturated carbocycles. The van der Waals surface area contributed by atoms with Crippen LogP contribution in [-0.4, -0.2) is 23.7 Å². The van der Waals surface area contributed by atoms with E-state index < -0.39 is 0 Å². The molecule has 0 saturated heterocycles. The van der Waals surface area contributed by atoms with Crippen LogP contribution >= 0.6 is 0 Å². The van der Waals surface area contributed by atoms with Crippen molar-refractivity contribution in [3.63, 3.8) is 0 Å². The Morgan fingerprint density at radius 3 is 2.45 bits per heavy atom. The zero-order valence-corrected chi connectivity index (χ0v) is 12.4. The summed E-state index contributed by atoms with van der Waals surface area (Å²) in [5.41, 5.74) is 6.62. The molecular weight excluding hydrogens is 252 g/mol. The Labute approximate surface area is 121 Å². The Balaban J connectivity index is 2.46. The van der Waals surface area contributed by atoms with E-state index in [1.165, 1.54) is 0 Å². The third-order valence-electron chi connectivity index (χ3n) is 3.45. The summed E-state index contributed by atoms with van der Waals surface area (Å²) >= 11 is 0. The number of aliphatic hydroxyl groups is 1. The van der Waals surface area contributed by atoms with Crippen molar-refractivity contribution in [3.05, 3.63) is 35.9 Å². The average Bonchev–Trinajstić information content (AvgIpc) is 2.44. The van der Waals surface area contributed by atoms with Gasteiger partial charge in [-0.1, -0.05) is 43.7 Å². The van der Waals surface area contributed by atoms with Crippen molar-refractivity contribution in [1.29, 1.82) is 0 Å². The van der Waals surface area contributed by atoms with E-state index in [0.29, 0.717) is 0 Å². The molecule has 0 fully saturated rings. The fraction of sp³-hybridized carbons (Fsp3) is 0.562. The number of hydrogen-bond acceptors (Lipinski definition) is 3. The van der Waals surface area contributed by atoms with Gasteiger partial charge in [0.15, 0.2) is 0 Å². The highest BCUT2D eigenvalue weighted by Gasteiger charge is 2.18. The lowest BCUT2D eigenvalue weighted by Gasteiger charge is -2.20. The maximum absolute atomic E-state index is 12.1. The van der Waals surface area contributed by atoms with Gasteiger partial charge >= 0.3 is 0 Å². The number of aliphatic hydroxyl groups excluding tert-OH is 1. The van der Waals surface area contributed by atoms with Gasteiger partial charge in [0.05, 0.1) is 12.6 Å². The highest BCUT2D eigenvalue weighted by molar-refractivity contribution is 5.78. The molecule has 0 bridgehead atoms. The van der Waals surface area contributed by atoms with E-state index in [-0.39, 0.29) is 30.5 Å². The lowest BCUT2D eigenvalue weighted by atomic mass is 10.00.